The van der Waals surface area contributed by atoms with Crippen LogP contribution in [0.25, 0.3) is 0 Å². The smallest absolute Gasteiger partial charge is 0.326 e. The lowest BCUT2D eigenvalue weighted by atomic mass is 10.1. The van der Waals surface area contributed by atoms with Crippen LogP contribution in [0.2, 0.25) is 5.15 Å². The van der Waals surface area contributed by atoms with Gasteiger partial charge in [0.15, 0.2) is 0 Å². The monoisotopic (exact) mass is 600 g/mol. The van der Waals surface area contributed by atoms with Crippen LogP contribution in [0.4, 0.5) is 5.82 Å². The molecule has 0 saturated heterocycles. The topological polar surface area (TPSA) is 112 Å². The fourth-order valence-corrected chi connectivity index (χ4v) is 6.02. The summed E-state index contributed by atoms with van der Waals surface area (Å²) in [5, 5.41) is 21.3. The van der Waals surface area contributed by atoms with Crippen molar-refractivity contribution in [2.45, 2.75) is 115 Å². The second-order valence-electron chi connectivity index (χ2n) is 12.1. The number of aryl methyl sites for hydroxylation is 2. The van der Waals surface area contributed by atoms with E-state index < -0.39 is 17.6 Å². The highest BCUT2D eigenvalue weighted by molar-refractivity contribution is 6.29. The van der Waals surface area contributed by atoms with E-state index in [2.05, 4.69) is 53.5 Å². The number of carboxylic acids is 1. The van der Waals surface area contributed by atoms with E-state index in [1.807, 2.05) is 6.07 Å². The lowest BCUT2D eigenvalue weighted by Gasteiger charge is -2.25. The van der Waals surface area contributed by atoms with Crippen molar-refractivity contribution in [3.05, 3.63) is 40.3 Å². The van der Waals surface area contributed by atoms with Gasteiger partial charge in [0.05, 0.1) is 5.69 Å². The average Bonchev–Trinajstić information content (AvgIpc) is 3.71. The minimum atomic E-state index is -1.01. The van der Waals surface area contributed by atoms with E-state index >= 15 is 0 Å². The summed E-state index contributed by atoms with van der Waals surface area (Å²) >= 11 is 6.50. The van der Waals surface area contributed by atoms with Crippen molar-refractivity contribution in [2.24, 2.45) is 0 Å². The minimum absolute atomic E-state index is 0.235. The number of rotatable bonds is 18. The van der Waals surface area contributed by atoms with Crippen molar-refractivity contribution < 1.29 is 14.7 Å². The zero-order chi connectivity index (χ0) is 30.1. The summed E-state index contributed by atoms with van der Waals surface area (Å²) in [6.45, 7) is 9.80. The average molecular weight is 601 g/mol. The van der Waals surface area contributed by atoms with Crippen molar-refractivity contribution in [2.75, 3.05) is 31.5 Å². The number of carboxylic acid groups (broad SMARTS) is 1. The molecule has 1 saturated carbocycles. The SMILES string of the molecule is CCCCCN(CCCCc1ccc2c(n1)NCCC2)CCC(NC(=O)C1(n2nc(C(C)CC)cc2Cl)CC1)C(=O)O. The number of anilines is 1. The zero-order valence-electron chi connectivity index (χ0n) is 25.6. The highest BCUT2D eigenvalue weighted by Gasteiger charge is 2.54. The highest BCUT2D eigenvalue weighted by atomic mass is 35.5. The van der Waals surface area contributed by atoms with Crippen LogP contribution < -0.4 is 10.6 Å². The molecule has 1 aliphatic carbocycles. The summed E-state index contributed by atoms with van der Waals surface area (Å²) in [5.41, 5.74) is 2.40. The molecular formula is C32H49ClN6O3. The van der Waals surface area contributed by atoms with Crippen LogP contribution in [0.3, 0.4) is 0 Å². The Morgan fingerprint density at radius 1 is 1.17 bits per heavy atom. The number of hydrogen-bond donors (Lipinski definition) is 3. The van der Waals surface area contributed by atoms with Gasteiger partial charge in [0, 0.05) is 24.7 Å². The van der Waals surface area contributed by atoms with Gasteiger partial charge in [0.2, 0.25) is 5.91 Å². The largest absolute Gasteiger partial charge is 0.480 e. The highest BCUT2D eigenvalue weighted by Crippen LogP contribution is 2.45. The van der Waals surface area contributed by atoms with E-state index in [-0.39, 0.29) is 11.8 Å². The number of pyridine rings is 1. The van der Waals surface area contributed by atoms with E-state index in [1.54, 1.807) is 4.68 Å². The number of amides is 1. The molecule has 232 valence electrons. The molecule has 2 aliphatic rings. The summed E-state index contributed by atoms with van der Waals surface area (Å²) in [4.78, 5) is 32.8. The summed E-state index contributed by atoms with van der Waals surface area (Å²) in [6.07, 6.45) is 11.1. The second-order valence-corrected chi connectivity index (χ2v) is 12.5. The molecule has 10 heteroatoms. The molecule has 1 amide bonds. The maximum absolute atomic E-state index is 13.4. The molecule has 1 fully saturated rings. The number of aliphatic carboxylic acids is 1. The zero-order valence-corrected chi connectivity index (χ0v) is 26.4. The lowest BCUT2D eigenvalue weighted by Crippen LogP contribution is -2.49. The van der Waals surface area contributed by atoms with Gasteiger partial charge in [-0.05, 0) is 95.0 Å². The van der Waals surface area contributed by atoms with Gasteiger partial charge in [-0.2, -0.15) is 5.10 Å². The molecule has 2 atom stereocenters. The third-order valence-electron chi connectivity index (χ3n) is 8.88. The summed E-state index contributed by atoms with van der Waals surface area (Å²) in [7, 11) is 0. The fourth-order valence-electron chi connectivity index (χ4n) is 5.71. The van der Waals surface area contributed by atoms with Crippen molar-refractivity contribution in [1.29, 1.82) is 0 Å². The Bertz CT molecular complexity index is 1200. The molecule has 42 heavy (non-hydrogen) atoms. The van der Waals surface area contributed by atoms with Gasteiger partial charge in [-0.3, -0.25) is 4.79 Å². The van der Waals surface area contributed by atoms with Crippen LogP contribution in [0, 0.1) is 0 Å². The van der Waals surface area contributed by atoms with Crippen LogP contribution in [0.15, 0.2) is 18.2 Å². The van der Waals surface area contributed by atoms with Crippen LogP contribution in [0.1, 0.15) is 108 Å². The fraction of sp³-hybridized carbons (Fsp3) is 0.688. The first kappa shape index (κ1) is 32.3. The Morgan fingerprint density at radius 2 is 1.93 bits per heavy atom. The minimum Gasteiger partial charge on any atom is -0.480 e. The lowest BCUT2D eigenvalue weighted by molar-refractivity contribution is -0.143. The van der Waals surface area contributed by atoms with Crippen molar-refractivity contribution in [1.82, 2.24) is 25.0 Å². The third kappa shape index (κ3) is 8.25. The van der Waals surface area contributed by atoms with Crippen molar-refractivity contribution in [3.63, 3.8) is 0 Å². The second kappa shape index (κ2) is 15.2. The summed E-state index contributed by atoms with van der Waals surface area (Å²) in [5.74, 6) is -0.0356. The van der Waals surface area contributed by atoms with E-state index in [0.29, 0.717) is 31.0 Å². The van der Waals surface area contributed by atoms with Crippen molar-refractivity contribution >= 4 is 29.3 Å². The first-order valence-corrected chi connectivity index (χ1v) is 16.4. The van der Waals surface area contributed by atoms with Gasteiger partial charge >= 0.3 is 5.97 Å². The van der Waals surface area contributed by atoms with Gasteiger partial charge in [-0.15, -0.1) is 0 Å². The Labute approximate surface area is 255 Å². The van der Waals surface area contributed by atoms with Gasteiger partial charge < -0.3 is 20.6 Å². The van der Waals surface area contributed by atoms with E-state index in [4.69, 9.17) is 16.6 Å². The maximum Gasteiger partial charge on any atom is 0.326 e. The number of carbonyl (C=O) groups is 2. The molecule has 4 rings (SSSR count). The Morgan fingerprint density at radius 3 is 2.62 bits per heavy atom. The molecule has 0 radical (unpaired) electrons. The number of unbranched alkanes of at least 4 members (excludes halogenated alkanes) is 3. The van der Waals surface area contributed by atoms with Gasteiger partial charge in [-0.1, -0.05) is 51.3 Å². The van der Waals surface area contributed by atoms with Crippen LogP contribution in [0.5, 0.6) is 0 Å². The van der Waals surface area contributed by atoms with Crippen LogP contribution in [-0.4, -0.2) is 68.9 Å². The number of aromatic nitrogens is 3. The first-order chi connectivity index (χ1) is 20.3. The molecule has 2 unspecified atom stereocenters. The molecule has 0 spiro atoms. The van der Waals surface area contributed by atoms with Gasteiger partial charge in [0.1, 0.15) is 22.6 Å². The molecule has 9 nitrogen and oxygen atoms in total. The number of hydrogen-bond acceptors (Lipinski definition) is 6. The standard InChI is InChI=1S/C32H49ClN6O3/c1-4-6-8-19-38(20-9-7-12-25-14-13-24-11-10-18-34-29(24)35-25)21-15-26(30(40)41)36-31(42)32(16-17-32)39-28(33)22-27(37-39)23(3)5-2/h13-14,22-23,26H,4-12,15-21H2,1-3H3,(H,34,35)(H,36,42)(H,40,41). The Balaban J connectivity index is 1.30. The molecule has 2 aromatic rings. The van der Waals surface area contributed by atoms with Crippen LogP contribution >= 0.6 is 11.6 Å². The number of carbonyl (C=O) groups excluding carboxylic acids is 1. The number of nitrogens with one attached hydrogen (secondary N) is 2. The van der Waals surface area contributed by atoms with Crippen molar-refractivity contribution in [3.8, 4) is 0 Å². The Kier molecular flexibility index (Phi) is 11.7. The first-order valence-electron chi connectivity index (χ1n) is 16.0. The summed E-state index contributed by atoms with van der Waals surface area (Å²) < 4.78 is 1.61. The molecule has 1 aliphatic heterocycles. The van der Waals surface area contributed by atoms with E-state index in [0.717, 1.165) is 94.6 Å². The van der Waals surface area contributed by atoms with E-state index in [1.165, 1.54) is 5.56 Å². The maximum atomic E-state index is 13.4. The van der Waals surface area contributed by atoms with Gasteiger partial charge in [0.25, 0.3) is 0 Å². The third-order valence-corrected chi connectivity index (χ3v) is 9.15. The van der Waals surface area contributed by atoms with E-state index in [9.17, 15) is 14.7 Å². The predicted octanol–water partition coefficient (Wildman–Crippen LogP) is 5.77. The Hall–Kier alpha value is -2.65. The molecule has 0 aromatic carbocycles. The normalized spacial score (nSPS) is 16.9. The molecule has 0 bridgehead atoms. The number of halogens is 1. The quantitative estimate of drug-likeness (QED) is 0.186. The molecule has 3 heterocycles. The summed E-state index contributed by atoms with van der Waals surface area (Å²) in [6, 6.07) is 5.22. The predicted molar refractivity (Wildman–Crippen MR) is 167 cm³/mol. The molecular weight excluding hydrogens is 552 g/mol. The number of nitrogens with zero attached hydrogens (tertiary/aromatic N) is 4. The van der Waals surface area contributed by atoms with Crippen LogP contribution in [-0.2, 0) is 28.0 Å². The number of fused-ring (bicyclic) bond motifs is 1. The van der Waals surface area contributed by atoms with Gasteiger partial charge in [-0.25, -0.2) is 14.5 Å². The molecule has 2 aromatic heterocycles. The molecule has 3 N–H and O–H groups in total.